The molecule has 0 amide bonds. The van der Waals surface area contributed by atoms with E-state index in [-0.39, 0.29) is 5.57 Å². The summed E-state index contributed by atoms with van der Waals surface area (Å²) in [4.78, 5) is 21.6. The van der Waals surface area contributed by atoms with Gasteiger partial charge in [-0.25, -0.2) is 14.8 Å². The Morgan fingerprint density at radius 3 is 2.72 bits per heavy atom. The molecule has 6 nitrogen and oxygen atoms in total. The lowest BCUT2D eigenvalue weighted by atomic mass is 10.1. The number of hydrogen-bond acceptors (Lipinski definition) is 6. The Morgan fingerprint density at radius 1 is 1.21 bits per heavy atom. The van der Waals surface area contributed by atoms with Gasteiger partial charge in [-0.15, -0.1) is 0 Å². The van der Waals surface area contributed by atoms with Gasteiger partial charge < -0.3 is 10.1 Å². The van der Waals surface area contributed by atoms with E-state index in [9.17, 15) is 10.1 Å². The van der Waals surface area contributed by atoms with E-state index in [4.69, 9.17) is 4.74 Å². The van der Waals surface area contributed by atoms with Crippen molar-refractivity contribution in [2.45, 2.75) is 19.8 Å². The summed E-state index contributed by atoms with van der Waals surface area (Å²) in [5.74, 6) is -0.0664. The van der Waals surface area contributed by atoms with Gasteiger partial charge in [-0.3, -0.25) is 0 Å². The maximum atomic E-state index is 12.4. The van der Waals surface area contributed by atoms with Gasteiger partial charge in [-0.1, -0.05) is 61.1 Å². The number of nitrogens with one attached hydrogen (secondary N) is 1. The Balaban J connectivity index is 1.73. The number of carbonyl (C=O) groups is 1. The fourth-order valence-electron chi connectivity index (χ4n) is 3.03. The number of nitrogens with zero attached hydrogens (tertiary/aromatic N) is 3. The molecule has 4 rings (SSSR count). The minimum absolute atomic E-state index is 0.0527. The van der Waals surface area contributed by atoms with Gasteiger partial charge in [0, 0.05) is 11.1 Å². The van der Waals surface area contributed by atoms with E-state index >= 15 is 0 Å². The number of benzene rings is 2. The molecule has 2 aromatic carbocycles. The molecule has 1 aliphatic rings. The molecule has 0 aliphatic carbocycles. The molecule has 0 atom stereocenters. The number of unbranched alkanes of at least 4 members (excludes halogenated alkanes) is 1. The molecule has 1 aliphatic heterocycles. The first-order chi connectivity index (χ1) is 14.2. The SMILES string of the molecule is CCCCOC(=O)C(C#N)=C1N/C(=N/c2nc3ccccc3s2)c2ccccc21. The summed E-state index contributed by atoms with van der Waals surface area (Å²) in [5, 5.41) is 13.4. The number of ether oxygens (including phenoxy) is 1. The zero-order valence-electron chi connectivity index (χ0n) is 15.8. The average Bonchev–Trinajstić information content (AvgIpc) is 3.31. The summed E-state index contributed by atoms with van der Waals surface area (Å²) >= 11 is 1.48. The number of aliphatic imine (C=N–C) groups is 1. The standard InChI is InChI=1S/C22H18N4O2S/c1-2-3-12-28-21(27)16(13-23)19-14-8-4-5-9-15(14)20(25-19)26-22-24-17-10-6-7-11-18(17)29-22/h4-11H,2-3,12H2,1H3,(H,24,25,26). The Bertz CT molecular complexity index is 1150. The van der Waals surface area contributed by atoms with Crippen molar-refractivity contribution in [3.63, 3.8) is 0 Å². The lowest BCUT2D eigenvalue weighted by Crippen LogP contribution is -2.18. The predicted molar refractivity (Wildman–Crippen MR) is 114 cm³/mol. The van der Waals surface area contributed by atoms with E-state index in [1.54, 1.807) is 0 Å². The predicted octanol–water partition coefficient (Wildman–Crippen LogP) is 4.56. The monoisotopic (exact) mass is 402 g/mol. The number of fused-ring (bicyclic) bond motifs is 2. The van der Waals surface area contributed by atoms with Gasteiger partial charge in [-0.05, 0) is 18.6 Å². The van der Waals surface area contributed by atoms with Crippen LogP contribution in [-0.2, 0) is 9.53 Å². The lowest BCUT2D eigenvalue weighted by molar-refractivity contribution is -0.138. The molecule has 0 spiro atoms. The number of carbonyl (C=O) groups excluding carboxylic acids is 1. The summed E-state index contributed by atoms with van der Waals surface area (Å²) in [6.45, 7) is 2.30. The molecule has 0 fully saturated rings. The number of para-hydroxylation sites is 1. The highest BCUT2D eigenvalue weighted by atomic mass is 32.1. The van der Waals surface area contributed by atoms with Crippen molar-refractivity contribution in [2.75, 3.05) is 6.61 Å². The maximum Gasteiger partial charge on any atom is 0.351 e. The minimum Gasteiger partial charge on any atom is -0.462 e. The second kappa shape index (κ2) is 8.25. The van der Waals surface area contributed by atoms with Gasteiger partial charge in [0.25, 0.3) is 0 Å². The van der Waals surface area contributed by atoms with Gasteiger partial charge in [0.2, 0.25) is 5.13 Å². The average molecular weight is 402 g/mol. The summed E-state index contributed by atoms with van der Waals surface area (Å²) in [5.41, 5.74) is 2.82. The van der Waals surface area contributed by atoms with Gasteiger partial charge in [-0.2, -0.15) is 5.26 Å². The highest BCUT2D eigenvalue weighted by Crippen LogP contribution is 2.32. The number of hydrogen-bond donors (Lipinski definition) is 1. The van der Waals surface area contributed by atoms with Crippen molar-refractivity contribution < 1.29 is 9.53 Å². The van der Waals surface area contributed by atoms with Crippen molar-refractivity contribution in [2.24, 2.45) is 4.99 Å². The van der Waals surface area contributed by atoms with Crippen LogP contribution in [0, 0.1) is 11.3 Å². The quantitative estimate of drug-likeness (QED) is 0.293. The van der Waals surface area contributed by atoms with Crippen molar-refractivity contribution in [1.82, 2.24) is 10.3 Å². The molecule has 0 bridgehead atoms. The normalized spacial score (nSPS) is 15.7. The topological polar surface area (TPSA) is 87.4 Å². The molecule has 3 aromatic rings. The molecule has 29 heavy (non-hydrogen) atoms. The van der Waals surface area contributed by atoms with Crippen molar-refractivity contribution >= 4 is 44.2 Å². The van der Waals surface area contributed by atoms with Crippen LogP contribution in [0.25, 0.3) is 15.9 Å². The lowest BCUT2D eigenvalue weighted by Gasteiger charge is -2.06. The number of aromatic nitrogens is 1. The van der Waals surface area contributed by atoms with E-state index in [1.807, 2.05) is 61.5 Å². The third kappa shape index (κ3) is 3.75. The smallest absolute Gasteiger partial charge is 0.351 e. The molecule has 0 unspecified atom stereocenters. The van der Waals surface area contributed by atoms with Crippen LogP contribution in [0.5, 0.6) is 0 Å². The Labute approximate surface area is 172 Å². The molecule has 0 saturated heterocycles. The highest BCUT2D eigenvalue weighted by molar-refractivity contribution is 7.22. The Hall–Kier alpha value is -3.50. The third-order valence-corrected chi connectivity index (χ3v) is 5.41. The number of nitriles is 1. The largest absolute Gasteiger partial charge is 0.462 e. The molecule has 1 N–H and O–H groups in total. The summed E-state index contributed by atoms with van der Waals surface area (Å²) in [7, 11) is 0. The fourth-order valence-corrected chi connectivity index (χ4v) is 3.88. The summed E-state index contributed by atoms with van der Waals surface area (Å²) in [6.07, 6.45) is 1.67. The van der Waals surface area contributed by atoms with E-state index < -0.39 is 5.97 Å². The van der Waals surface area contributed by atoms with Gasteiger partial charge in [0.15, 0.2) is 5.57 Å². The maximum absolute atomic E-state index is 12.4. The first kappa shape index (κ1) is 18.8. The van der Waals surface area contributed by atoms with Crippen LogP contribution in [0.2, 0.25) is 0 Å². The van der Waals surface area contributed by atoms with Crippen LogP contribution in [0.1, 0.15) is 30.9 Å². The van der Waals surface area contributed by atoms with Crippen molar-refractivity contribution in [1.29, 1.82) is 5.26 Å². The van der Waals surface area contributed by atoms with Crippen molar-refractivity contribution in [3.05, 3.63) is 65.2 Å². The third-order valence-electron chi connectivity index (χ3n) is 4.48. The van der Waals surface area contributed by atoms with Crippen LogP contribution in [-0.4, -0.2) is 23.4 Å². The highest BCUT2D eigenvalue weighted by Gasteiger charge is 2.28. The molecule has 0 radical (unpaired) electrons. The van der Waals surface area contributed by atoms with Crippen LogP contribution in [0.3, 0.4) is 0 Å². The Morgan fingerprint density at radius 2 is 1.97 bits per heavy atom. The van der Waals surface area contributed by atoms with Gasteiger partial charge in [0.05, 0.1) is 22.5 Å². The zero-order valence-corrected chi connectivity index (χ0v) is 16.6. The second-order valence-corrected chi connectivity index (χ2v) is 7.46. The van der Waals surface area contributed by atoms with E-state index in [0.717, 1.165) is 34.2 Å². The number of esters is 1. The Kier molecular flexibility index (Phi) is 5.36. The molecule has 144 valence electrons. The van der Waals surface area contributed by atoms with Gasteiger partial charge in [0.1, 0.15) is 11.9 Å². The van der Waals surface area contributed by atoms with Crippen LogP contribution in [0.15, 0.2) is 59.1 Å². The van der Waals surface area contributed by atoms with Crippen LogP contribution in [0.4, 0.5) is 5.13 Å². The van der Waals surface area contributed by atoms with E-state index in [0.29, 0.717) is 23.3 Å². The molecular weight excluding hydrogens is 384 g/mol. The van der Waals surface area contributed by atoms with E-state index in [1.165, 1.54) is 11.3 Å². The van der Waals surface area contributed by atoms with Crippen molar-refractivity contribution in [3.8, 4) is 6.07 Å². The van der Waals surface area contributed by atoms with Crippen LogP contribution >= 0.6 is 11.3 Å². The fraction of sp³-hybridized carbons (Fsp3) is 0.182. The molecule has 2 heterocycles. The minimum atomic E-state index is -0.625. The molecule has 1 aromatic heterocycles. The summed E-state index contributed by atoms with van der Waals surface area (Å²) < 4.78 is 6.29. The van der Waals surface area contributed by atoms with Crippen LogP contribution < -0.4 is 5.32 Å². The molecule has 7 heteroatoms. The van der Waals surface area contributed by atoms with Gasteiger partial charge >= 0.3 is 5.97 Å². The number of thiazole rings is 1. The first-order valence-electron chi connectivity index (χ1n) is 9.34. The van der Waals surface area contributed by atoms with E-state index in [2.05, 4.69) is 15.3 Å². The number of amidine groups is 1. The number of rotatable bonds is 5. The second-order valence-electron chi connectivity index (χ2n) is 6.45. The molecule has 0 saturated carbocycles. The first-order valence-corrected chi connectivity index (χ1v) is 10.2. The summed E-state index contributed by atoms with van der Waals surface area (Å²) in [6, 6.07) is 17.3. The zero-order chi connectivity index (χ0) is 20.2. The molecular formula is C22H18N4O2S.